The summed E-state index contributed by atoms with van der Waals surface area (Å²) in [6.45, 7) is 0.701. The average Bonchev–Trinajstić information content (AvgIpc) is 1.88. The summed E-state index contributed by atoms with van der Waals surface area (Å²) >= 11 is 0. The van der Waals surface area contributed by atoms with Crippen LogP contribution in [0.25, 0.3) is 0 Å². The minimum absolute atomic E-state index is 0.213. The first kappa shape index (κ1) is 9.44. The lowest BCUT2D eigenvalue weighted by molar-refractivity contribution is 0.0700. The second-order valence-electron chi connectivity index (χ2n) is 2.24. The Bertz CT molecular complexity index is 119. The largest absolute Gasteiger partial charge is 0.394 e. The molecule has 0 radical (unpaired) electrons. The van der Waals surface area contributed by atoms with E-state index in [0.29, 0.717) is 13.1 Å². The number of terminal acetylenes is 1. The van der Waals surface area contributed by atoms with Crippen LogP contribution < -0.4 is 0 Å². The minimum atomic E-state index is -0.682. The van der Waals surface area contributed by atoms with E-state index in [9.17, 15) is 0 Å². The van der Waals surface area contributed by atoms with Gasteiger partial charge in [-0.05, 0) is 7.05 Å². The van der Waals surface area contributed by atoms with E-state index in [0.717, 1.165) is 0 Å². The molecule has 10 heavy (non-hydrogen) atoms. The first-order chi connectivity index (χ1) is 4.70. The van der Waals surface area contributed by atoms with E-state index in [2.05, 4.69) is 5.92 Å². The quantitative estimate of drug-likeness (QED) is 0.491. The smallest absolute Gasteiger partial charge is 0.0897 e. The number of aliphatic hydroxyl groups is 2. The van der Waals surface area contributed by atoms with E-state index in [-0.39, 0.29) is 6.61 Å². The summed E-state index contributed by atoms with van der Waals surface area (Å²) in [4.78, 5) is 1.76. The maximum absolute atomic E-state index is 8.89. The van der Waals surface area contributed by atoms with Crippen molar-refractivity contribution in [1.29, 1.82) is 0 Å². The van der Waals surface area contributed by atoms with Crippen LogP contribution in [0, 0.1) is 12.3 Å². The molecule has 0 saturated carbocycles. The van der Waals surface area contributed by atoms with Crippen LogP contribution >= 0.6 is 0 Å². The zero-order valence-corrected chi connectivity index (χ0v) is 6.12. The molecule has 0 bridgehead atoms. The predicted octanol–water partition coefficient (Wildman–Crippen LogP) is -1.10. The molecule has 2 N–H and O–H groups in total. The van der Waals surface area contributed by atoms with Gasteiger partial charge in [-0.1, -0.05) is 5.92 Å². The average molecular weight is 143 g/mol. The Morgan fingerprint density at radius 3 is 2.70 bits per heavy atom. The van der Waals surface area contributed by atoms with E-state index in [1.807, 2.05) is 0 Å². The third kappa shape index (κ3) is 4.33. The van der Waals surface area contributed by atoms with Gasteiger partial charge >= 0.3 is 0 Å². The normalized spacial score (nSPS) is 13.1. The fraction of sp³-hybridized carbons (Fsp3) is 0.714. The fourth-order valence-corrected chi connectivity index (χ4v) is 0.638. The number of aliphatic hydroxyl groups excluding tert-OH is 2. The van der Waals surface area contributed by atoms with Crippen LogP contribution in [-0.2, 0) is 0 Å². The van der Waals surface area contributed by atoms with E-state index in [1.165, 1.54) is 0 Å². The van der Waals surface area contributed by atoms with Crippen molar-refractivity contribution >= 4 is 0 Å². The summed E-state index contributed by atoms with van der Waals surface area (Å²) in [7, 11) is 1.79. The summed E-state index contributed by atoms with van der Waals surface area (Å²) in [5.74, 6) is 2.43. The lowest BCUT2D eigenvalue weighted by atomic mass is 10.3. The first-order valence-electron chi connectivity index (χ1n) is 3.11. The van der Waals surface area contributed by atoms with Gasteiger partial charge in [-0.25, -0.2) is 0 Å². The Morgan fingerprint density at radius 1 is 1.70 bits per heavy atom. The Morgan fingerprint density at radius 2 is 2.30 bits per heavy atom. The lowest BCUT2D eigenvalue weighted by Crippen LogP contribution is -2.31. The van der Waals surface area contributed by atoms with Crippen molar-refractivity contribution in [2.24, 2.45) is 0 Å². The molecule has 0 saturated heterocycles. The van der Waals surface area contributed by atoms with Crippen LogP contribution in [0.5, 0.6) is 0 Å². The molecular formula is C7H13NO2. The monoisotopic (exact) mass is 143 g/mol. The van der Waals surface area contributed by atoms with E-state index in [4.69, 9.17) is 16.6 Å². The SMILES string of the molecule is C#CCN(C)C[C@H](O)CO. The molecule has 0 aromatic heterocycles. The molecule has 0 aromatic carbocycles. The van der Waals surface area contributed by atoms with Gasteiger partial charge in [-0.2, -0.15) is 0 Å². The van der Waals surface area contributed by atoms with Gasteiger partial charge in [0, 0.05) is 6.54 Å². The highest BCUT2D eigenvalue weighted by Crippen LogP contribution is 1.85. The maximum Gasteiger partial charge on any atom is 0.0897 e. The summed E-state index contributed by atoms with van der Waals surface area (Å²) in [5, 5.41) is 17.3. The van der Waals surface area contributed by atoms with E-state index < -0.39 is 6.10 Å². The van der Waals surface area contributed by atoms with Gasteiger partial charge < -0.3 is 10.2 Å². The fourth-order valence-electron chi connectivity index (χ4n) is 0.638. The third-order valence-electron chi connectivity index (χ3n) is 1.09. The van der Waals surface area contributed by atoms with Crippen molar-refractivity contribution < 1.29 is 10.2 Å². The zero-order chi connectivity index (χ0) is 7.98. The molecule has 0 amide bonds. The Hall–Kier alpha value is -0.560. The van der Waals surface area contributed by atoms with Gasteiger partial charge in [-0.3, -0.25) is 4.90 Å². The molecule has 0 rings (SSSR count). The minimum Gasteiger partial charge on any atom is -0.394 e. The van der Waals surface area contributed by atoms with Crippen LogP contribution in [-0.4, -0.2) is 48.0 Å². The molecule has 0 fully saturated rings. The van der Waals surface area contributed by atoms with Gasteiger partial charge in [0.25, 0.3) is 0 Å². The molecular weight excluding hydrogens is 130 g/mol. The van der Waals surface area contributed by atoms with Crippen LogP contribution in [0.1, 0.15) is 0 Å². The second kappa shape index (κ2) is 5.24. The van der Waals surface area contributed by atoms with Crippen molar-refractivity contribution in [2.45, 2.75) is 6.10 Å². The number of nitrogens with zero attached hydrogens (tertiary/aromatic N) is 1. The maximum atomic E-state index is 8.89. The highest BCUT2D eigenvalue weighted by atomic mass is 16.3. The van der Waals surface area contributed by atoms with Crippen LogP contribution in [0.4, 0.5) is 0 Å². The van der Waals surface area contributed by atoms with Gasteiger partial charge in [-0.15, -0.1) is 6.42 Å². The number of hydrogen-bond acceptors (Lipinski definition) is 3. The standard InChI is InChI=1S/C7H13NO2/c1-3-4-8(2)5-7(10)6-9/h1,7,9-10H,4-6H2,2H3/t7-/m0/s1. The molecule has 0 heterocycles. The van der Waals surface area contributed by atoms with E-state index >= 15 is 0 Å². The first-order valence-corrected chi connectivity index (χ1v) is 3.11. The molecule has 0 unspecified atom stereocenters. The highest BCUT2D eigenvalue weighted by molar-refractivity contribution is 4.87. The van der Waals surface area contributed by atoms with Crippen LogP contribution in [0.3, 0.4) is 0 Å². The number of hydrogen-bond donors (Lipinski definition) is 2. The summed E-state index contributed by atoms with van der Waals surface area (Å²) in [6, 6.07) is 0. The molecule has 0 aliphatic heterocycles. The summed E-state index contributed by atoms with van der Waals surface area (Å²) < 4.78 is 0. The van der Waals surface area contributed by atoms with Crippen molar-refractivity contribution in [3.8, 4) is 12.3 Å². The van der Waals surface area contributed by atoms with Crippen LogP contribution in [0.15, 0.2) is 0 Å². The van der Waals surface area contributed by atoms with Gasteiger partial charge in [0.2, 0.25) is 0 Å². The Balaban J connectivity index is 3.38. The summed E-state index contributed by atoms with van der Waals surface area (Å²) in [6.07, 6.45) is 4.33. The number of rotatable bonds is 4. The molecule has 0 aliphatic carbocycles. The lowest BCUT2D eigenvalue weighted by Gasteiger charge is -2.15. The molecule has 0 spiro atoms. The van der Waals surface area contributed by atoms with Crippen molar-refractivity contribution in [3.63, 3.8) is 0 Å². The molecule has 1 atom stereocenters. The van der Waals surface area contributed by atoms with Crippen molar-refractivity contribution in [1.82, 2.24) is 4.90 Å². The second-order valence-corrected chi connectivity index (χ2v) is 2.24. The van der Waals surface area contributed by atoms with Gasteiger partial charge in [0.05, 0.1) is 19.3 Å². The number of likely N-dealkylation sites (N-methyl/N-ethyl adjacent to an activating group) is 1. The topological polar surface area (TPSA) is 43.7 Å². The highest BCUT2D eigenvalue weighted by Gasteiger charge is 2.04. The molecule has 0 aromatic rings. The molecule has 0 aliphatic rings. The Kier molecular flexibility index (Phi) is 4.95. The molecule has 58 valence electrons. The zero-order valence-electron chi connectivity index (χ0n) is 6.12. The van der Waals surface area contributed by atoms with Gasteiger partial charge in [0.1, 0.15) is 0 Å². The van der Waals surface area contributed by atoms with Gasteiger partial charge in [0.15, 0.2) is 0 Å². The van der Waals surface area contributed by atoms with Crippen molar-refractivity contribution in [3.05, 3.63) is 0 Å². The molecule has 3 nitrogen and oxygen atoms in total. The third-order valence-corrected chi connectivity index (χ3v) is 1.09. The summed E-state index contributed by atoms with van der Waals surface area (Å²) in [5.41, 5.74) is 0. The van der Waals surface area contributed by atoms with Crippen LogP contribution in [0.2, 0.25) is 0 Å². The van der Waals surface area contributed by atoms with Crippen molar-refractivity contribution in [2.75, 3.05) is 26.7 Å². The Labute approximate surface area is 61.3 Å². The predicted molar refractivity (Wildman–Crippen MR) is 39.4 cm³/mol. The van der Waals surface area contributed by atoms with E-state index in [1.54, 1.807) is 11.9 Å². The molecule has 3 heteroatoms.